The summed E-state index contributed by atoms with van der Waals surface area (Å²) in [5.41, 5.74) is -1.37. The summed E-state index contributed by atoms with van der Waals surface area (Å²) in [6.45, 7) is 13.4. The molecule has 0 bridgehead atoms. The van der Waals surface area contributed by atoms with E-state index in [0.717, 1.165) is 0 Å². The smallest absolute Gasteiger partial charge is 0.408 e. The summed E-state index contributed by atoms with van der Waals surface area (Å²) in [6, 6.07) is 0. The average molecular weight is 329 g/mol. The summed E-state index contributed by atoms with van der Waals surface area (Å²) >= 11 is 0. The fourth-order valence-electron chi connectivity index (χ4n) is 1.92. The quantitative estimate of drug-likeness (QED) is 0.743. The molecular formula is C16H31N3O4. The number of nitrogens with zero attached hydrogens (tertiary/aromatic N) is 1. The highest BCUT2D eigenvalue weighted by Crippen LogP contribution is 2.13. The van der Waals surface area contributed by atoms with Crippen molar-refractivity contribution in [3.63, 3.8) is 0 Å². The minimum absolute atomic E-state index is 0.0195. The number of alkyl carbamates (subject to hydrolysis) is 1. The van der Waals surface area contributed by atoms with E-state index in [0.29, 0.717) is 13.1 Å². The average Bonchev–Trinajstić information content (AvgIpc) is 2.31. The van der Waals surface area contributed by atoms with Gasteiger partial charge in [0, 0.05) is 25.0 Å². The molecule has 0 aromatic rings. The van der Waals surface area contributed by atoms with E-state index in [9.17, 15) is 14.4 Å². The number of rotatable bonds is 7. The van der Waals surface area contributed by atoms with Crippen molar-refractivity contribution in [2.45, 2.75) is 66.0 Å². The van der Waals surface area contributed by atoms with E-state index in [-0.39, 0.29) is 24.8 Å². The van der Waals surface area contributed by atoms with Crippen LogP contribution in [0.4, 0.5) is 4.79 Å². The second-order valence-electron chi connectivity index (χ2n) is 7.05. The minimum Gasteiger partial charge on any atom is -0.444 e. The van der Waals surface area contributed by atoms with Gasteiger partial charge in [-0.05, 0) is 48.5 Å². The van der Waals surface area contributed by atoms with Crippen LogP contribution in [0.25, 0.3) is 0 Å². The lowest BCUT2D eigenvalue weighted by Gasteiger charge is -2.30. The van der Waals surface area contributed by atoms with E-state index in [1.54, 1.807) is 34.6 Å². The van der Waals surface area contributed by atoms with E-state index < -0.39 is 17.2 Å². The first-order valence-electron chi connectivity index (χ1n) is 7.96. The molecule has 7 heteroatoms. The van der Waals surface area contributed by atoms with E-state index >= 15 is 0 Å². The van der Waals surface area contributed by atoms with E-state index in [4.69, 9.17) is 4.74 Å². The fourth-order valence-corrected chi connectivity index (χ4v) is 1.92. The molecule has 0 rings (SSSR count). The van der Waals surface area contributed by atoms with E-state index in [2.05, 4.69) is 10.6 Å². The SMILES string of the molecule is CCNC(=O)CN(CC)C(=O)CC(C)(C)NC(=O)OC(C)(C)C. The number of hydrogen-bond acceptors (Lipinski definition) is 4. The molecule has 0 aliphatic carbocycles. The van der Waals surface area contributed by atoms with Gasteiger partial charge in [0.15, 0.2) is 0 Å². The first-order chi connectivity index (χ1) is 10.4. The van der Waals surface area contributed by atoms with Gasteiger partial charge in [0.2, 0.25) is 11.8 Å². The Morgan fingerprint density at radius 3 is 2.04 bits per heavy atom. The first-order valence-corrected chi connectivity index (χ1v) is 7.96. The van der Waals surface area contributed by atoms with Crippen LogP contribution in [0, 0.1) is 0 Å². The molecular weight excluding hydrogens is 298 g/mol. The number of nitrogens with one attached hydrogen (secondary N) is 2. The Morgan fingerprint density at radius 1 is 1.04 bits per heavy atom. The normalized spacial score (nSPS) is 11.6. The molecule has 134 valence electrons. The van der Waals surface area contributed by atoms with Gasteiger partial charge in [-0.2, -0.15) is 0 Å². The number of likely N-dealkylation sites (N-methyl/N-ethyl adjacent to an activating group) is 2. The van der Waals surface area contributed by atoms with Crippen LogP contribution in [0.2, 0.25) is 0 Å². The lowest BCUT2D eigenvalue weighted by atomic mass is 10.00. The minimum atomic E-state index is -0.770. The van der Waals surface area contributed by atoms with Crippen LogP contribution in [0.1, 0.15) is 54.9 Å². The molecule has 0 atom stereocenters. The number of carbonyl (C=O) groups is 3. The molecule has 0 spiro atoms. The molecule has 0 heterocycles. The van der Waals surface area contributed by atoms with Crippen LogP contribution < -0.4 is 10.6 Å². The Labute approximate surface area is 139 Å². The molecule has 3 amide bonds. The molecule has 0 aliphatic rings. The maximum absolute atomic E-state index is 12.4. The topological polar surface area (TPSA) is 87.7 Å². The van der Waals surface area contributed by atoms with E-state index in [1.165, 1.54) is 4.90 Å². The van der Waals surface area contributed by atoms with Crippen LogP contribution in [0.3, 0.4) is 0 Å². The molecule has 2 N–H and O–H groups in total. The largest absolute Gasteiger partial charge is 0.444 e. The lowest BCUT2D eigenvalue weighted by Crippen LogP contribution is -2.50. The Hall–Kier alpha value is -1.79. The lowest BCUT2D eigenvalue weighted by molar-refractivity contribution is -0.136. The summed E-state index contributed by atoms with van der Waals surface area (Å²) in [4.78, 5) is 37.3. The van der Waals surface area contributed by atoms with Crippen molar-refractivity contribution in [3.8, 4) is 0 Å². The zero-order valence-corrected chi connectivity index (χ0v) is 15.4. The molecule has 0 fully saturated rings. The zero-order chi connectivity index (χ0) is 18.3. The van der Waals surface area contributed by atoms with Gasteiger partial charge >= 0.3 is 6.09 Å². The maximum Gasteiger partial charge on any atom is 0.408 e. The summed E-state index contributed by atoms with van der Waals surface area (Å²) in [5, 5.41) is 5.36. The molecule has 0 aliphatic heterocycles. The summed E-state index contributed by atoms with van der Waals surface area (Å²) in [5.74, 6) is -0.389. The van der Waals surface area contributed by atoms with Gasteiger partial charge in [0.05, 0.1) is 6.54 Å². The number of carbonyl (C=O) groups excluding carboxylic acids is 3. The van der Waals surface area contributed by atoms with Gasteiger partial charge in [-0.3, -0.25) is 9.59 Å². The standard InChI is InChI=1S/C16H31N3O4/c1-8-17-12(20)11-19(9-2)13(21)10-16(6,7)18-14(22)23-15(3,4)5/h8-11H2,1-7H3,(H,17,20)(H,18,22). The van der Waals surface area contributed by atoms with Gasteiger partial charge in [-0.1, -0.05) is 0 Å². The highest BCUT2D eigenvalue weighted by Gasteiger charge is 2.29. The molecule has 23 heavy (non-hydrogen) atoms. The van der Waals surface area contributed by atoms with Crippen molar-refractivity contribution < 1.29 is 19.1 Å². The Kier molecular flexibility index (Phi) is 8.06. The number of amides is 3. The van der Waals surface area contributed by atoms with Gasteiger partial charge in [0.25, 0.3) is 0 Å². The number of ether oxygens (including phenoxy) is 1. The molecule has 0 saturated carbocycles. The van der Waals surface area contributed by atoms with Crippen LogP contribution in [-0.4, -0.2) is 53.6 Å². The fraction of sp³-hybridized carbons (Fsp3) is 0.812. The molecule has 0 aromatic heterocycles. The van der Waals surface area contributed by atoms with E-state index in [1.807, 2.05) is 13.8 Å². The summed E-state index contributed by atoms with van der Waals surface area (Å²) < 4.78 is 5.20. The summed E-state index contributed by atoms with van der Waals surface area (Å²) in [7, 11) is 0. The Balaban J connectivity index is 4.64. The molecule has 0 unspecified atom stereocenters. The van der Waals surface area contributed by atoms with Crippen molar-refractivity contribution in [3.05, 3.63) is 0 Å². The van der Waals surface area contributed by atoms with Crippen LogP contribution in [0.5, 0.6) is 0 Å². The number of hydrogen-bond donors (Lipinski definition) is 2. The zero-order valence-electron chi connectivity index (χ0n) is 15.4. The maximum atomic E-state index is 12.4. The predicted molar refractivity (Wildman–Crippen MR) is 89.0 cm³/mol. The Morgan fingerprint density at radius 2 is 1.61 bits per heavy atom. The first kappa shape index (κ1) is 21.2. The van der Waals surface area contributed by atoms with Crippen molar-refractivity contribution in [1.82, 2.24) is 15.5 Å². The van der Waals surface area contributed by atoms with Crippen molar-refractivity contribution >= 4 is 17.9 Å². The molecule has 7 nitrogen and oxygen atoms in total. The molecule has 0 aromatic carbocycles. The van der Waals surface area contributed by atoms with Crippen LogP contribution in [0.15, 0.2) is 0 Å². The molecule has 0 saturated heterocycles. The van der Waals surface area contributed by atoms with Gasteiger partial charge in [-0.25, -0.2) is 4.79 Å². The molecule has 0 radical (unpaired) electrons. The van der Waals surface area contributed by atoms with Gasteiger partial charge < -0.3 is 20.3 Å². The third kappa shape index (κ3) is 9.76. The second kappa shape index (κ2) is 8.74. The highest BCUT2D eigenvalue weighted by molar-refractivity contribution is 5.85. The van der Waals surface area contributed by atoms with Gasteiger partial charge in [-0.15, -0.1) is 0 Å². The Bertz CT molecular complexity index is 428. The van der Waals surface area contributed by atoms with Crippen molar-refractivity contribution in [1.29, 1.82) is 0 Å². The highest BCUT2D eigenvalue weighted by atomic mass is 16.6. The predicted octanol–water partition coefficient (Wildman–Crippen LogP) is 1.66. The third-order valence-electron chi connectivity index (χ3n) is 2.88. The van der Waals surface area contributed by atoms with Crippen molar-refractivity contribution in [2.75, 3.05) is 19.6 Å². The van der Waals surface area contributed by atoms with Crippen molar-refractivity contribution in [2.24, 2.45) is 0 Å². The third-order valence-corrected chi connectivity index (χ3v) is 2.88. The summed E-state index contributed by atoms with van der Waals surface area (Å²) in [6.07, 6.45) is -0.485. The second-order valence-corrected chi connectivity index (χ2v) is 7.05. The van der Waals surface area contributed by atoms with Crippen LogP contribution >= 0.6 is 0 Å². The van der Waals surface area contributed by atoms with Crippen LogP contribution in [-0.2, 0) is 14.3 Å². The monoisotopic (exact) mass is 329 g/mol. The van der Waals surface area contributed by atoms with Gasteiger partial charge in [0.1, 0.15) is 5.60 Å².